The molecule has 3 nitrogen and oxygen atoms in total. The van der Waals surface area contributed by atoms with Crippen LogP contribution in [-0.4, -0.2) is 0 Å². The Labute approximate surface area is 394 Å². The van der Waals surface area contributed by atoms with E-state index >= 15 is 0 Å². The van der Waals surface area contributed by atoms with Gasteiger partial charge in [-0.25, -0.2) is 0 Å². The van der Waals surface area contributed by atoms with E-state index in [1.807, 2.05) is 12.1 Å². The minimum Gasteiger partial charge on any atom is -0.464 e. The third-order valence-electron chi connectivity index (χ3n) is 14.4. The molecule has 0 bridgehead atoms. The van der Waals surface area contributed by atoms with Gasteiger partial charge in [-0.1, -0.05) is 170 Å². The van der Waals surface area contributed by atoms with Gasteiger partial charge in [-0.05, 0) is 151 Å². The van der Waals surface area contributed by atoms with Crippen molar-refractivity contribution < 1.29 is 8.83 Å². The first-order valence-corrected chi connectivity index (χ1v) is 23.3. The van der Waals surface area contributed by atoms with Crippen LogP contribution in [0.5, 0.6) is 0 Å². The van der Waals surface area contributed by atoms with Crippen molar-refractivity contribution in [3.63, 3.8) is 0 Å². The SMILES string of the molecule is c1ccc(-c2ccc(N(c3ccc(-c4cccc(-c5ccco5)c4)cc3)c3ccc4c(c3)-c3ccccc3-c3ccccc3C43c4ccccc4-c4cc5c(cc43)oc3ccccc35)cc2)cc1. The highest BCUT2D eigenvalue weighted by atomic mass is 16.3. The van der Waals surface area contributed by atoms with Crippen LogP contribution < -0.4 is 4.90 Å². The number of benzene rings is 10. The molecule has 0 saturated carbocycles. The lowest BCUT2D eigenvalue weighted by atomic mass is 9.66. The maximum Gasteiger partial charge on any atom is 0.135 e. The van der Waals surface area contributed by atoms with Gasteiger partial charge in [0.05, 0.1) is 11.7 Å². The minimum absolute atomic E-state index is 0.656. The van der Waals surface area contributed by atoms with Crippen molar-refractivity contribution in [3.8, 4) is 67.0 Å². The van der Waals surface area contributed by atoms with Crippen molar-refractivity contribution in [2.75, 3.05) is 4.90 Å². The quantitative estimate of drug-likeness (QED) is 0.167. The molecule has 318 valence electrons. The lowest BCUT2D eigenvalue weighted by Gasteiger charge is -2.36. The van der Waals surface area contributed by atoms with E-state index in [0.29, 0.717) is 0 Å². The third kappa shape index (κ3) is 5.72. The van der Waals surface area contributed by atoms with Crippen molar-refractivity contribution in [1.29, 1.82) is 0 Å². The van der Waals surface area contributed by atoms with Gasteiger partial charge in [0.25, 0.3) is 0 Å². The smallest absolute Gasteiger partial charge is 0.135 e. The second-order valence-corrected chi connectivity index (χ2v) is 18.0. The van der Waals surface area contributed by atoms with Crippen molar-refractivity contribution in [1.82, 2.24) is 0 Å². The first kappa shape index (κ1) is 38.4. The van der Waals surface area contributed by atoms with Crippen LogP contribution in [0.3, 0.4) is 0 Å². The fourth-order valence-corrected chi connectivity index (χ4v) is 11.4. The van der Waals surface area contributed by atoms with E-state index in [-0.39, 0.29) is 0 Å². The highest BCUT2D eigenvalue weighted by molar-refractivity contribution is 6.09. The number of fused-ring (bicyclic) bond motifs is 15. The molecule has 1 unspecified atom stereocenters. The Kier molecular flexibility index (Phi) is 8.50. The van der Waals surface area contributed by atoms with Crippen LogP contribution in [0, 0.1) is 0 Å². The Hall–Kier alpha value is -8.92. The first-order valence-electron chi connectivity index (χ1n) is 23.3. The molecule has 14 rings (SSSR count). The van der Waals surface area contributed by atoms with Crippen molar-refractivity contribution in [2.45, 2.75) is 5.41 Å². The predicted octanol–water partition coefficient (Wildman–Crippen LogP) is 17.7. The summed E-state index contributed by atoms with van der Waals surface area (Å²) in [7, 11) is 0. The van der Waals surface area contributed by atoms with E-state index in [1.165, 1.54) is 66.8 Å². The van der Waals surface area contributed by atoms with E-state index in [0.717, 1.165) is 61.5 Å². The first-order chi connectivity index (χ1) is 33.7. The molecule has 2 aliphatic rings. The largest absolute Gasteiger partial charge is 0.464 e. The van der Waals surface area contributed by atoms with Crippen LogP contribution in [-0.2, 0) is 5.41 Å². The summed E-state index contributed by atoms with van der Waals surface area (Å²) in [5.74, 6) is 0.857. The summed E-state index contributed by atoms with van der Waals surface area (Å²) in [6.45, 7) is 0. The van der Waals surface area contributed by atoms with Crippen molar-refractivity contribution >= 4 is 39.0 Å². The molecule has 0 N–H and O–H groups in total. The van der Waals surface area contributed by atoms with Crippen molar-refractivity contribution in [3.05, 3.63) is 271 Å². The number of hydrogen-bond donors (Lipinski definition) is 0. The van der Waals surface area contributed by atoms with Gasteiger partial charge in [0, 0.05) is 33.4 Å². The topological polar surface area (TPSA) is 29.5 Å². The highest BCUT2D eigenvalue weighted by Gasteiger charge is 2.50. The molecule has 1 spiro atoms. The van der Waals surface area contributed by atoms with Crippen LogP contribution in [0.4, 0.5) is 17.1 Å². The van der Waals surface area contributed by atoms with E-state index < -0.39 is 5.41 Å². The van der Waals surface area contributed by atoms with Crippen LogP contribution in [0.1, 0.15) is 22.3 Å². The van der Waals surface area contributed by atoms with E-state index in [4.69, 9.17) is 8.83 Å². The average Bonchev–Trinajstić information content (AvgIpc) is 4.14. The lowest BCUT2D eigenvalue weighted by molar-refractivity contribution is 0.582. The summed E-state index contributed by atoms with van der Waals surface area (Å²) in [6.07, 6.45) is 1.72. The highest BCUT2D eigenvalue weighted by Crippen LogP contribution is 2.62. The molecule has 0 aliphatic heterocycles. The Morgan fingerprint density at radius 2 is 0.838 bits per heavy atom. The Bertz CT molecular complexity index is 3900. The molecule has 68 heavy (non-hydrogen) atoms. The number of rotatable bonds is 6. The minimum atomic E-state index is -0.656. The predicted molar refractivity (Wildman–Crippen MR) is 279 cm³/mol. The van der Waals surface area contributed by atoms with Gasteiger partial charge >= 0.3 is 0 Å². The second-order valence-electron chi connectivity index (χ2n) is 18.0. The third-order valence-corrected chi connectivity index (χ3v) is 14.4. The zero-order chi connectivity index (χ0) is 44.8. The van der Waals surface area contributed by atoms with Gasteiger partial charge in [-0.2, -0.15) is 0 Å². The van der Waals surface area contributed by atoms with Crippen molar-refractivity contribution in [2.24, 2.45) is 0 Å². The number of anilines is 3. The fourth-order valence-electron chi connectivity index (χ4n) is 11.4. The number of nitrogens with zero attached hydrogens (tertiary/aromatic N) is 1. The van der Waals surface area contributed by atoms with Gasteiger partial charge < -0.3 is 13.7 Å². The Morgan fingerprint density at radius 3 is 1.56 bits per heavy atom. The zero-order valence-corrected chi connectivity index (χ0v) is 36.9. The second kappa shape index (κ2) is 15.1. The van der Waals surface area contributed by atoms with Gasteiger partial charge in [0.2, 0.25) is 0 Å². The molecule has 10 aromatic carbocycles. The summed E-state index contributed by atoms with van der Waals surface area (Å²) < 4.78 is 12.5. The number of furan rings is 2. The maximum atomic E-state index is 6.71. The summed E-state index contributed by atoms with van der Waals surface area (Å²) in [4.78, 5) is 2.40. The molecule has 0 radical (unpaired) electrons. The van der Waals surface area contributed by atoms with Crippen LogP contribution in [0.2, 0.25) is 0 Å². The van der Waals surface area contributed by atoms with E-state index in [9.17, 15) is 0 Å². The standard InChI is InChI=1S/C65H41NO2/c1-2-14-42(15-3-1)43-27-31-47(32-28-43)66(48-33-29-44(30-34-48)45-16-12-17-46(38-45)62-26-13-37-67-62)49-35-36-60-55(39-49)51-19-5-4-18-50(51)52-20-6-9-23-58(52)65(60)59-24-10-7-21-53(59)56-40-57-54-22-8-11-25-63(54)68-64(57)41-61(56)65/h1-41H. The zero-order valence-electron chi connectivity index (χ0n) is 36.9. The van der Waals surface area contributed by atoms with Crippen LogP contribution >= 0.6 is 0 Å². The molecule has 2 aromatic heterocycles. The normalized spacial score (nSPS) is 14.2. The van der Waals surface area contributed by atoms with Gasteiger partial charge in [-0.3, -0.25) is 0 Å². The molecule has 0 amide bonds. The lowest BCUT2D eigenvalue weighted by Crippen LogP contribution is -2.29. The number of para-hydroxylation sites is 1. The molecular formula is C65H41NO2. The van der Waals surface area contributed by atoms with E-state index in [1.54, 1.807) is 6.26 Å². The summed E-state index contributed by atoms with van der Waals surface area (Å²) in [5.41, 5.74) is 22.4. The molecule has 0 saturated heterocycles. The molecule has 1 atom stereocenters. The fraction of sp³-hybridized carbons (Fsp3) is 0.0154. The monoisotopic (exact) mass is 867 g/mol. The summed E-state index contributed by atoms with van der Waals surface area (Å²) in [5, 5.41) is 2.27. The Balaban J connectivity index is 1.00. The summed E-state index contributed by atoms with van der Waals surface area (Å²) >= 11 is 0. The molecule has 3 heteroatoms. The van der Waals surface area contributed by atoms with Crippen LogP contribution in [0.25, 0.3) is 88.9 Å². The molecular weight excluding hydrogens is 827 g/mol. The average molecular weight is 868 g/mol. The Morgan fingerprint density at radius 1 is 0.294 bits per heavy atom. The van der Waals surface area contributed by atoms with E-state index in [2.05, 4.69) is 235 Å². The van der Waals surface area contributed by atoms with Gasteiger partial charge in [0.1, 0.15) is 16.9 Å². The maximum absolute atomic E-state index is 6.71. The summed E-state index contributed by atoms with van der Waals surface area (Å²) in [6, 6.07) is 88.5. The van der Waals surface area contributed by atoms with Gasteiger partial charge in [-0.15, -0.1) is 0 Å². The molecule has 2 heterocycles. The number of hydrogen-bond acceptors (Lipinski definition) is 3. The van der Waals surface area contributed by atoms with Gasteiger partial charge in [0.15, 0.2) is 0 Å². The molecule has 12 aromatic rings. The van der Waals surface area contributed by atoms with Crippen LogP contribution in [0.15, 0.2) is 258 Å². The molecule has 2 aliphatic carbocycles. The molecule has 0 fully saturated rings.